The van der Waals surface area contributed by atoms with Crippen molar-refractivity contribution < 1.29 is 9.84 Å². The Morgan fingerprint density at radius 2 is 2.35 bits per heavy atom. The number of rotatable bonds is 3. The van der Waals surface area contributed by atoms with E-state index in [0.29, 0.717) is 11.8 Å². The fraction of sp³-hybridized carbons (Fsp3) is 0.615. The highest BCUT2D eigenvalue weighted by atomic mass is 16.5. The van der Waals surface area contributed by atoms with Gasteiger partial charge in [0.15, 0.2) is 0 Å². The summed E-state index contributed by atoms with van der Waals surface area (Å²) in [5, 5.41) is 9.41. The SMILES string of the molecule is COC1CCCN(c2ccc(C(C)O)nc2)C1. The summed E-state index contributed by atoms with van der Waals surface area (Å²) in [7, 11) is 1.77. The Morgan fingerprint density at radius 3 is 2.94 bits per heavy atom. The number of ether oxygens (including phenoxy) is 1. The van der Waals surface area contributed by atoms with Gasteiger partial charge in [0.1, 0.15) is 0 Å². The summed E-state index contributed by atoms with van der Waals surface area (Å²) >= 11 is 0. The van der Waals surface area contributed by atoms with E-state index in [0.717, 1.165) is 31.6 Å². The summed E-state index contributed by atoms with van der Waals surface area (Å²) in [5.74, 6) is 0. The molecule has 1 saturated heterocycles. The predicted octanol–water partition coefficient (Wildman–Crippen LogP) is 1.75. The Hall–Kier alpha value is -1.13. The van der Waals surface area contributed by atoms with Gasteiger partial charge in [0, 0.05) is 20.2 Å². The summed E-state index contributed by atoms with van der Waals surface area (Å²) in [6, 6.07) is 3.91. The molecule has 2 rings (SSSR count). The van der Waals surface area contributed by atoms with Gasteiger partial charge in [-0.05, 0) is 31.9 Å². The van der Waals surface area contributed by atoms with Crippen LogP contribution in [0.1, 0.15) is 31.6 Å². The summed E-state index contributed by atoms with van der Waals surface area (Å²) in [5.41, 5.74) is 1.82. The standard InChI is InChI=1S/C13H20N2O2/c1-10(16)13-6-5-11(8-14-13)15-7-3-4-12(9-15)17-2/h5-6,8,10,12,16H,3-4,7,9H2,1-2H3. The number of aromatic nitrogens is 1. The molecular formula is C13H20N2O2. The molecule has 1 aromatic heterocycles. The molecule has 0 aliphatic carbocycles. The second kappa shape index (κ2) is 5.47. The molecule has 17 heavy (non-hydrogen) atoms. The molecule has 94 valence electrons. The summed E-state index contributed by atoms with van der Waals surface area (Å²) in [6.07, 6.45) is 3.93. The van der Waals surface area contributed by atoms with Gasteiger partial charge in [-0.3, -0.25) is 4.98 Å². The average Bonchev–Trinajstić information content (AvgIpc) is 2.39. The molecule has 0 amide bonds. The molecule has 0 spiro atoms. The predicted molar refractivity (Wildman–Crippen MR) is 67.1 cm³/mol. The van der Waals surface area contributed by atoms with E-state index < -0.39 is 6.10 Å². The molecule has 2 atom stereocenters. The van der Waals surface area contributed by atoms with Crippen LogP contribution in [-0.2, 0) is 4.74 Å². The molecule has 2 unspecified atom stereocenters. The minimum Gasteiger partial charge on any atom is -0.387 e. The fourth-order valence-corrected chi connectivity index (χ4v) is 2.20. The van der Waals surface area contributed by atoms with Crippen molar-refractivity contribution in [2.75, 3.05) is 25.1 Å². The Labute approximate surface area is 102 Å². The number of piperidine rings is 1. The lowest BCUT2D eigenvalue weighted by molar-refractivity contribution is 0.0893. The van der Waals surface area contributed by atoms with Gasteiger partial charge >= 0.3 is 0 Å². The maximum atomic E-state index is 9.41. The third-order valence-corrected chi connectivity index (χ3v) is 3.28. The maximum Gasteiger partial charge on any atom is 0.0931 e. The molecule has 1 aromatic rings. The second-order valence-electron chi connectivity index (χ2n) is 4.56. The van der Waals surface area contributed by atoms with E-state index in [1.54, 1.807) is 14.0 Å². The van der Waals surface area contributed by atoms with Crippen LogP contribution in [0.2, 0.25) is 0 Å². The zero-order valence-electron chi connectivity index (χ0n) is 10.5. The van der Waals surface area contributed by atoms with Crippen LogP contribution in [0.5, 0.6) is 0 Å². The topological polar surface area (TPSA) is 45.6 Å². The van der Waals surface area contributed by atoms with Gasteiger partial charge in [-0.2, -0.15) is 0 Å². The van der Waals surface area contributed by atoms with Crippen LogP contribution in [0.25, 0.3) is 0 Å². The molecule has 0 radical (unpaired) electrons. The molecule has 0 aromatic carbocycles. The van der Waals surface area contributed by atoms with E-state index in [9.17, 15) is 5.11 Å². The lowest BCUT2D eigenvalue weighted by Gasteiger charge is -2.33. The van der Waals surface area contributed by atoms with Gasteiger partial charge in [-0.15, -0.1) is 0 Å². The Bertz CT molecular complexity index is 351. The molecule has 4 nitrogen and oxygen atoms in total. The number of methoxy groups -OCH3 is 1. The molecule has 2 heterocycles. The van der Waals surface area contributed by atoms with E-state index in [4.69, 9.17) is 4.74 Å². The first kappa shape index (κ1) is 12.3. The van der Waals surface area contributed by atoms with Gasteiger partial charge in [0.05, 0.1) is 29.8 Å². The lowest BCUT2D eigenvalue weighted by Crippen LogP contribution is -2.39. The van der Waals surface area contributed by atoms with E-state index >= 15 is 0 Å². The highest BCUT2D eigenvalue weighted by molar-refractivity contribution is 5.45. The van der Waals surface area contributed by atoms with Gasteiger partial charge in [-0.1, -0.05) is 0 Å². The Morgan fingerprint density at radius 1 is 1.53 bits per heavy atom. The van der Waals surface area contributed by atoms with Crippen molar-refractivity contribution in [3.8, 4) is 0 Å². The van der Waals surface area contributed by atoms with E-state index in [-0.39, 0.29) is 0 Å². The molecular weight excluding hydrogens is 216 g/mol. The number of aliphatic hydroxyl groups is 1. The van der Waals surface area contributed by atoms with Crippen LogP contribution in [-0.4, -0.2) is 36.4 Å². The van der Waals surface area contributed by atoms with Gasteiger partial charge < -0.3 is 14.7 Å². The smallest absolute Gasteiger partial charge is 0.0931 e. The number of nitrogens with zero attached hydrogens (tertiary/aromatic N) is 2. The largest absolute Gasteiger partial charge is 0.387 e. The van der Waals surface area contributed by atoms with Crippen molar-refractivity contribution in [3.63, 3.8) is 0 Å². The van der Waals surface area contributed by atoms with Crippen molar-refractivity contribution in [3.05, 3.63) is 24.0 Å². The quantitative estimate of drug-likeness (QED) is 0.868. The highest BCUT2D eigenvalue weighted by Crippen LogP contribution is 2.21. The first-order valence-electron chi connectivity index (χ1n) is 6.12. The Balaban J connectivity index is 2.06. The summed E-state index contributed by atoms with van der Waals surface area (Å²) < 4.78 is 5.40. The molecule has 1 aliphatic rings. The van der Waals surface area contributed by atoms with Crippen LogP contribution in [0.4, 0.5) is 5.69 Å². The zero-order valence-corrected chi connectivity index (χ0v) is 10.5. The highest BCUT2D eigenvalue weighted by Gasteiger charge is 2.19. The van der Waals surface area contributed by atoms with E-state index in [1.807, 2.05) is 18.3 Å². The molecule has 1 aliphatic heterocycles. The molecule has 1 fully saturated rings. The molecule has 1 N–H and O–H groups in total. The van der Waals surface area contributed by atoms with Gasteiger partial charge in [0.2, 0.25) is 0 Å². The second-order valence-corrected chi connectivity index (χ2v) is 4.56. The van der Waals surface area contributed by atoms with E-state index in [1.165, 1.54) is 0 Å². The van der Waals surface area contributed by atoms with Crippen molar-refractivity contribution in [1.82, 2.24) is 4.98 Å². The number of hydrogen-bond acceptors (Lipinski definition) is 4. The monoisotopic (exact) mass is 236 g/mol. The number of pyridine rings is 1. The first-order valence-corrected chi connectivity index (χ1v) is 6.12. The zero-order chi connectivity index (χ0) is 12.3. The van der Waals surface area contributed by atoms with Crippen molar-refractivity contribution in [2.45, 2.75) is 32.0 Å². The Kier molecular flexibility index (Phi) is 3.97. The average molecular weight is 236 g/mol. The fourth-order valence-electron chi connectivity index (χ4n) is 2.20. The third kappa shape index (κ3) is 2.96. The van der Waals surface area contributed by atoms with Crippen molar-refractivity contribution in [1.29, 1.82) is 0 Å². The third-order valence-electron chi connectivity index (χ3n) is 3.28. The van der Waals surface area contributed by atoms with Crippen molar-refractivity contribution in [2.24, 2.45) is 0 Å². The van der Waals surface area contributed by atoms with Gasteiger partial charge in [0.25, 0.3) is 0 Å². The van der Waals surface area contributed by atoms with Crippen LogP contribution in [0, 0.1) is 0 Å². The van der Waals surface area contributed by atoms with Crippen LogP contribution >= 0.6 is 0 Å². The summed E-state index contributed by atoms with van der Waals surface area (Å²) in [4.78, 5) is 6.56. The molecule has 0 bridgehead atoms. The minimum atomic E-state index is -0.503. The van der Waals surface area contributed by atoms with E-state index in [2.05, 4.69) is 9.88 Å². The lowest BCUT2D eigenvalue weighted by atomic mass is 10.1. The van der Waals surface area contributed by atoms with Crippen LogP contribution in [0.15, 0.2) is 18.3 Å². The molecule has 4 heteroatoms. The normalized spacial score (nSPS) is 22.5. The first-order chi connectivity index (χ1) is 8.20. The number of anilines is 1. The minimum absolute atomic E-state index is 0.320. The van der Waals surface area contributed by atoms with Crippen LogP contribution in [0.3, 0.4) is 0 Å². The molecule has 0 saturated carbocycles. The van der Waals surface area contributed by atoms with Gasteiger partial charge in [-0.25, -0.2) is 0 Å². The number of aliphatic hydroxyl groups excluding tert-OH is 1. The van der Waals surface area contributed by atoms with Crippen LogP contribution < -0.4 is 4.90 Å². The summed E-state index contributed by atoms with van der Waals surface area (Å²) in [6.45, 7) is 3.70. The number of hydrogen-bond donors (Lipinski definition) is 1. The van der Waals surface area contributed by atoms with Crippen molar-refractivity contribution >= 4 is 5.69 Å². The maximum absolute atomic E-state index is 9.41.